The summed E-state index contributed by atoms with van der Waals surface area (Å²) in [6.45, 7) is 2.21. The minimum atomic E-state index is -0.583. The van der Waals surface area contributed by atoms with Gasteiger partial charge in [0.1, 0.15) is 0 Å². The van der Waals surface area contributed by atoms with Gasteiger partial charge in [0.2, 0.25) is 5.75 Å². The topological polar surface area (TPSA) is 65.0 Å². The lowest BCUT2D eigenvalue weighted by Crippen LogP contribution is -2.11. The van der Waals surface area contributed by atoms with E-state index >= 15 is 0 Å². The van der Waals surface area contributed by atoms with Gasteiger partial charge in [-0.2, -0.15) is 0 Å². The van der Waals surface area contributed by atoms with Crippen molar-refractivity contribution in [2.75, 3.05) is 21.3 Å². The third kappa shape index (κ3) is 8.34. The quantitative estimate of drug-likeness (QED) is 0.329. The molecule has 0 saturated carbocycles. The SMILES string of the molecule is CCCCCCCCCC(O)CC(=O)C=Cc1ccc(OC)c(OC)c1OC. The average molecular weight is 393 g/mol. The molecule has 0 spiro atoms. The van der Waals surface area contributed by atoms with Crippen molar-refractivity contribution in [3.05, 3.63) is 23.8 Å². The highest BCUT2D eigenvalue weighted by Gasteiger charge is 2.15. The molecule has 1 N–H and O–H groups in total. The van der Waals surface area contributed by atoms with Gasteiger partial charge < -0.3 is 19.3 Å². The van der Waals surface area contributed by atoms with Gasteiger partial charge in [-0.3, -0.25) is 4.79 Å². The van der Waals surface area contributed by atoms with Gasteiger partial charge in [-0.25, -0.2) is 0 Å². The minimum Gasteiger partial charge on any atom is -0.493 e. The summed E-state index contributed by atoms with van der Waals surface area (Å²) in [6, 6.07) is 3.57. The van der Waals surface area contributed by atoms with Crippen LogP contribution >= 0.6 is 0 Å². The van der Waals surface area contributed by atoms with Gasteiger partial charge in [-0.05, 0) is 30.7 Å². The van der Waals surface area contributed by atoms with Crippen molar-refractivity contribution >= 4 is 11.9 Å². The van der Waals surface area contributed by atoms with Gasteiger partial charge in [0.25, 0.3) is 0 Å². The summed E-state index contributed by atoms with van der Waals surface area (Å²) in [5, 5.41) is 10.1. The molecule has 0 radical (unpaired) electrons. The zero-order valence-electron chi connectivity index (χ0n) is 17.8. The van der Waals surface area contributed by atoms with E-state index in [1.165, 1.54) is 38.2 Å². The van der Waals surface area contributed by atoms with Gasteiger partial charge in [0.05, 0.1) is 27.4 Å². The molecule has 28 heavy (non-hydrogen) atoms. The minimum absolute atomic E-state index is 0.104. The summed E-state index contributed by atoms with van der Waals surface area (Å²) in [7, 11) is 4.64. The Kier molecular flexibility index (Phi) is 12.1. The maximum absolute atomic E-state index is 12.2. The van der Waals surface area contributed by atoms with Crippen LogP contribution in [0, 0.1) is 0 Å². The highest BCUT2D eigenvalue weighted by molar-refractivity contribution is 5.94. The Bertz CT molecular complexity index is 609. The first kappa shape index (κ1) is 24.0. The van der Waals surface area contributed by atoms with Gasteiger partial charge in [0.15, 0.2) is 17.3 Å². The van der Waals surface area contributed by atoms with Crippen LogP contribution in [0.15, 0.2) is 18.2 Å². The molecule has 0 bridgehead atoms. The van der Waals surface area contributed by atoms with Gasteiger partial charge in [0, 0.05) is 12.0 Å². The lowest BCUT2D eigenvalue weighted by Gasteiger charge is -2.14. The fourth-order valence-electron chi connectivity index (χ4n) is 3.18. The molecule has 1 rings (SSSR count). The smallest absolute Gasteiger partial charge is 0.203 e. The molecule has 5 nitrogen and oxygen atoms in total. The van der Waals surface area contributed by atoms with E-state index in [4.69, 9.17) is 14.2 Å². The Morgan fingerprint density at radius 2 is 1.61 bits per heavy atom. The number of aliphatic hydroxyl groups is 1. The number of methoxy groups -OCH3 is 3. The first-order valence-corrected chi connectivity index (χ1v) is 10.2. The summed E-state index contributed by atoms with van der Waals surface area (Å²) in [5.74, 6) is 1.45. The highest BCUT2D eigenvalue weighted by atomic mass is 16.5. The lowest BCUT2D eigenvalue weighted by atomic mass is 10.0. The van der Waals surface area contributed by atoms with Crippen LogP contribution in [-0.4, -0.2) is 38.3 Å². The van der Waals surface area contributed by atoms with Gasteiger partial charge in [-0.1, -0.05) is 51.9 Å². The molecule has 0 aliphatic heterocycles. The Morgan fingerprint density at radius 3 is 2.21 bits per heavy atom. The maximum atomic E-state index is 12.2. The van der Waals surface area contributed by atoms with Crippen molar-refractivity contribution in [2.45, 2.75) is 70.8 Å². The van der Waals surface area contributed by atoms with E-state index < -0.39 is 6.10 Å². The number of ether oxygens (including phenoxy) is 3. The molecule has 1 atom stereocenters. The van der Waals surface area contributed by atoms with Crippen molar-refractivity contribution in [1.82, 2.24) is 0 Å². The van der Waals surface area contributed by atoms with Crippen LogP contribution in [0.25, 0.3) is 6.08 Å². The first-order chi connectivity index (χ1) is 13.6. The van der Waals surface area contributed by atoms with E-state index in [9.17, 15) is 9.90 Å². The molecule has 0 aliphatic rings. The van der Waals surface area contributed by atoms with Crippen molar-refractivity contribution < 1.29 is 24.1 Å². The second-order valence-corrected chi connectivity index (χ2v) is 6.99. The normalized spacial score (nSPS) is 12.2. The molecule has 0 heterocycles. The summed E-state index contributed by atoms with van der Waals surface area (Å²) in [4.78, 5) is 12.2. The van der Waals surface area contributed by atoms with E-state index in [2.05, 4.69) is 6.92 Å². The molecular weight excluding hydrogens is 356 g/mol. The Balaban J connectivity index is 2.49. The number of allylic oxidation sites excluding steroid dienone is 1. The number of benzene rings is 1. The van der Waals surface area contributed by atoms with E-state index in [0.717, 1.165) is 18.4 Å². The Labute approximate surface area is 169 Å². The van der Waals surface area contributed by atoms with Crippen LogP contribution < -0.4 is 14.2 Å². The first-order valence-electron chi connectivity index (χ1n) is 10.2. The fourth-order valence-corrected chi connectivity index (χ4v) is 3.18. The van der Waals surface area contributed by atoms with E-state index in [1.54, 1.807) is 39.5 Å². The number of hydrogen-bond acceptors (Lipinski definition) is 5. The van der Waals surface area contributed by atoms with Crippen molar-refractivity contribution in [2.24, 2.45) is 0 Å². The van der Waals surface area contributed by atoms with Crippen LogP contribution in [0.4, 0.5) is 0 Å². The number of ketones is 1. The molecule has 1 unspecified atom stereocenters. The maximum Gasteiger partial charge on any atom is 0.203 e. The van der Waals surface area contributed by atoms with E-state index in [1.807, 2.05) is 0 Å². The van der Waals surface area contributed by atoms with Crippen molar-refractivity contribution in [3.63, 3.8) is 0 Å². The molecule has 1 aromatic rings. The van der Waals surface area contributed by atoms with E-state index in [0.29, 0.717) is 23.7 Å². The fraction of sp³-hybridized carbons (Fsp3) is 0.609. The number of unbranched alkanes of at least 4 members (excludes halogenated alkanes) is 6. The predicted molar refractivity (Wildman–Crippen MR) is 113 cm³/mol. The van der Waals surface area contributed by atoms with Crippen LogP contribution in [-0.2, 0) is 4.79 Å². The third-order valence-electron chi connectivity index (χ3n) is 4.76. The molecule has 0 fully saturated rings. The zero-order chi connectivity index (χ0) is 20.8. The van der Waals surface area contributed by atoms with E-state index in [-0.39, 0.29) is 12.2 Å². The van der Waals surface area contributed by atoms with Crippen LogP contribution in [0.2, 0.25) is 0 Å². The molecule has 0 aromatic heterocycles. The molecule has 0 amide bonds. The summed E-state index contributed by atoms with van der Waals surface area (Å²) in [6.07, 6.45) is 11.8. The second-order valence-electron chi connectivity index (χ2n) is 6.99. The van der Waals surface area contributed by atoms with Gasteiger partial charge >= 0.3 is 0 Å². The van der Waals surface area contributed by atoms with Crippen molar-refractivity contribution in [1.29, 1.82) is 0 Å². The number of carbonyl (C=O) groups is 1. The summed E-state index contributed by atoms with van der Waals surface area (Å²) >= 11 is 0. The lowest BCUT2D eigenvalue weighted by molar-refractivity contribution is -0.116. The standard InChI is InChI=1S/C23H36O5/c1-5-6-7-8-9-10-11-12-19(24)17-20(25)15-13-18-14-16-21(26-2)23(28-4)22(18)27-3/h13-16,19,24H,5-12,17H2,1-4H3. The highest BCUT2D eigenvalue weighted by Crippen LogP contribution is 2.40. The molecule has 0 aliphatic carbocycles. The number of rotatable bonds is 15. The molecule has 5 heteroatoms. The summed E-state index contributed by atoms with van der Waals surface area (Å²) < 4.78 is 16.0. The second kappa shape index (κ2) is 14.1. The number of hydrogen-bond donors (Lipinski definition) is 1. The zero-order valence-corrected chi connectivity index (χ0v) is 17.8. The van der Waals surface area contributed by atoms with Gasteiger partial charge in [-0.15, -0.1) is 0 Å². The molecular formula is C23H36O5. The summed E-state index contributed by atoms with van der Waals surface area (Å²) in [5.41, 5.74) is 0.718. The number of aliphatic hydroxyl groups excluding tert-OH is 1. The molecule has 1 aromatic carbocycles. The molecule has 0 saturated heterocycles. The van der Waals surface area contributed by atoms with Crippen LogP contribution in [0.3, 0.4) is 0 Å². The Hall–Kier alpha value is -2.01. The number of carbonyl (C=O) groups excluding carboxylic acids is 1. The molecule has 158 valence electrons. The monoisotopic (exact) mass is 392 g/mol. The average Bonchev–Trinajstić information content (AvgIpc) is 2.70. The van der Waals surface area contributed by atoms with Crippen LogP contribution in [0.1, 0.15) is 70.3 Å². The van der Waals surface area contributed by atoms with Crippen LogP contribution in [0.5, 0.6) is 17.2 Å². The third-order valence-corrected chi connectivity index (χ3v) is 4.76. The Morgan fingerprint density at radius 1 is 0.964 bits per heavy atom. The largest absolute Gasteiger partial charge is 0.493 e. The predicted octanol–water partition coefficient (Wildman–Crippen LogP) is 5.19. The van der Waals surface area contributed by atoms with Crippen molar-refractivity contribution in [3.8, 4) is 17.2 Å².